The van der Waals surface area contributed by atoms with E-state index in [2.05, 4.69) is 195 Å². The van der Waals surface area contributed by atoms with Gasteiger partial charge in [-0.1, -0.05) is 153 Å². The molecule has 3 aliphatic carbocycles. The van der Waals surface area contributed by atoms with Crippen molar-refractivity contribution in [3.8, 4) is 22.3 Å². The molecule has 0 saturated carbocycles. The molecule has 2 nitrogen and oxygen atoms in total. The van der Waals surface area contributed by atoms with Crippen LogP contribution < -0.4 is 4.90 Å². The Labute approximate surface area is 316 Å². The van der Waals surface area contributed by atoms with E-state index >= 15 is 0 Å². The smallest absolute Gasteiger partial charge is 0.159 e. The Morgan fingerprint density at radius 1 is 0.519 bits per heavy atom. The summed E-state index contributed by atoms with van der Waals surface area (Å²) in [5.74, 6) is 0.976. The highest BCUT2D eigenvalue weighted by atomic mass is 16.3. The normalized spacial score (nSPS) is 15.3. The van der Waals surface area contributed by atoms with E-state index in [1.807, 2.05) is 0 Å². The van der Waals surface area contributed by atoms with E-state index in [0.717, 1.165) is 41.2 Å². The van der Waals surface area contributed by atoms with E-state index in [4.69, 9.17) is 4.42 Å². The second-order valence-electron chi connectivity index (χ2n) is 15.5. The number of benzene rings is 7. The zero-order valence-corrected chi connectivity index (χ0v) is 30.5. The minimum Gasteiger partial charge on any atom is -0.454 e. The SMILES string of the molecule is CC1(C)c2ccccc2C2(c3ccccc3-c3ccc(N(c4ccc(-c5ccccc5)cc4)c4cccc5c6c(oc45)C=CCC6)cc32)c2ccccc21. The second kappa shape index (κ2) is 11.6. The minimum atomic E-state index is -0.478. The summed E-state index contributed by atoms with van der Waals surface area (Å²) in [7, 11) is 0. The van der Waals surface area contributed by atoms with Crippen molar-refractivity contribution in [1.29, 1.82) is 0 Å². The first-order valence-corrected chi connectivity index (χ1v) is 19.2. The van der Waals surface area contributed by atoms with E-state index in [1.165, 1.54) is 66.6 Å². The van der Waals surface area contributed by atoms with Crippen molar-refractivity contribution in [3.05, 3.63) is 215 Å². The van der Waals surface area contributed by atoms with E-state index < -0.39 is 5.41 Å². The van der Waals surface area contributed by atoms with Gasteiger partial charge < -0.3 is 9.32 Å². The molecule has 1 aromatic heterocycles. The highest BCUT2D eigenvalue weighted by Crippen LogP contribution is 2.62. The molecule has 3 aliphatic rings. The highest BCUT2D eigenvalue weighted by molar-refractivity contribution is 5.99. The van der Waals surface area contributed by atoms with Gasteiger partial charge in [0.05, 0.1) is 11.1 Å². The summed E-state index contributed by atoms with van der Waals surface area (Å²) in [5, 5.41) is 1.19. The zero-order valence-electron chi connectivity index (χ0n) is 30.5. The first kappa shape index (κ1) is 31.2. The second-order valence-corrected chi connectivity index (χ2v) is 15.5. The first-order valence-electron chi connectivity index (χ1n) is 19.2. The Kier molecular flexibility index (Phi) is 6.67. The van der Waals surface area contributed by atoms with Crippen molar-refractivity contribution in [1.82, 2.24) is 0 Å². The lowest BCUT2D eigenvalue weighted by Gasteiger charge is -2.46. The summed E-state index contributed by atoms with van der Waals surface area (Å²) < 4.78 is 6.78. The molecular formula is C52H39NO. The number of aryl methyl sites for hydroxylation is 1. The van der Waals surface area contributed by atoms with Crippen LogP contribution in [0.4, 0.5) is 17.1 Å². The molecule has 8 aromatic rings. The zero-order chi connectivity index (χ0) is 36.0. The summed E-state index contributed by atoms with van der Waals surface area (Å²) in [6.07, 6.45) is 6.40. The molecule has 0 fully saturated rings. The van der Waals surface area contributed by atoms with Gasteiger partial charge >= 0.3 is 0 Å². The van der Waals surface area contributed by atoms with Gasteiger partial charge in [-0.05, 0) is 105 Å². The molecule has 0 saturated heterocycles. The van der Waals surface area contributed by atoms with Gasteiger partial charge in [0.25, 0.3) is 0 Å². The lowest BCUT2D eigenvalue weighted by molar-refractivity contribution is 0.563. The molecule has 2 heteroatoms. The molecule has 0 unspecified atom stereocenters. The molecule has 258 valence electrons. The van der Waals surface area contributed by atoms with Crippen molar-refractivity contribution < 1.29 is 4.42 Å². The summed E-state index contributed by atoms with van der Waals surface area (Å²) in [5.41, 5.74) is 18.0. The Bertz CT molecular complexity index is 2750. The molecule has 0 atom stereocenters. The van der Waals surface area contributed by atoms with Crippen LogP contribution in [0.1, 0.15) is 65.0 Å². The molecule has 11 rings (SSSR count). The first-order chi connectivity index (χ1) is 26.5. The summed E-state index contributed by atoms with van der Waals surface area (Å²) >= 11 is 0. The maximum Gasteiger partial charge on any atom is 0.159 e. The van der Waals surface area contributed by atoms with Crippen LogP contribution >= 0.6 is 0 Å². The molecule has 0 N–H and O–H groups in total. The highest BCUT2D eigenvalue weighted by Gasteiger charge is 2.53. The quantitative estimate of drug-likeness (QED) is 0.182. The third kappa shape index (κ3) is 4.23. The van der Waals surface area contributed by atoms with E-state index in [9.17, 15) is 0 Å². The molecule has 0 bridgehead atoms. The lowest BCUT2D eigenvalue weighted by atomic mass is 9.55. The monoisotopic (exact) mass is 693 g/mol. The number of anilines is 3. The number of nitrogens with zero attached hydrogens (tertiary/aromatic N) is 1. The summed E-state index contributed by atoms with van der Waals surface area (Å²) in [4.78, 5) is 2.41. The van der Waals surface area contributed by atoms with Crippen LogP contribution in [-0.2, 0) is 17.3 Å². The molecule has 0 amide bonds. The fourth-order valence-electron chi connectivity index (χ4n) is 10.0. The number of hydrogen-bond donors (Lipinski definition) is 0. The van der Waals surface area contributed by atoms with Gasteiger partial charge in [0.2, 0.25) is 0 Å². The number of allylic oxidation sites excluding steroid dienone is 1. The lowest BCUT2D eigenvalue weighted by Crippen LogP contribution is -2.40. The summed E-state index contributed by atoms with van der Waals surface area (Å²) in [6.45, 7) is 4.77. The van der Waals surface area contributed by atoms with Gasteiger partial charge in [-0.3, -0.25) is 0 Å². The Morgan fingerprint density at radius 2 is 1.13 bits per heavy atom. The third-order valence-electron chi connectivity index (χ3n) is 12.4. The van der Waals surface area contributed by atoms with Crippen LogP contribution in [0.15, 0.2) is 174 Å². The van der Waals surface area contributed by atoms with Crippen molar-refractivity contribution in [2.45, 2.75) is 37.5 Å². The number of para-hydroxylation sites is 1. The predicted molar refractivity (Wildman–Crippen MR) is 223 cm³/mol. The molecule has 7 aromatic carbocycles. The fraction of sp³-hybridized carbons (Fsp3) is 0.115. The third-order valence-corrected chi connectivity index (χ3v) is 12.4. The average Bonchev–Trinajstić information content (AvgIpc) is 3.75. The number of furan rings is 1. The Morgan fingerprint density at radius 3 is 1.87 bits per heavy atom. The van der Waals surface area contributed by atoms with E-state index in [-0.39, 0.29) is 5.41 Å². The van der Waals surface area contributed by atoms with Crippen LogP contribution in [0.25, 0.3) is 39.3 Å². The Balaban J connectivity index is 1.19. The van der Waals surface area contributed by atoms with Crippen molar-refractivity contribution in [2.24, 2.45) is 0 Å². The maximum absolute atomic E-state index is 6.78. The average molecular weight is 694 g/mol. The largest absolute Gasteiger partial charge is 0.454 e. The predicted octanol–water partition coefficient (Wildman–Crippen LogP) is 13.5. The van der Waals surface area contributed by atoms with Gasteiger partial charge in [-0.25, -0.2) is 0 Å². The van der Waals surface area contributed by atoms with Crippen LogP contribution in [-0.4, -0.2) is 0 Å². The number of hydrogen-bond acceptors (Lipinski definition) is 2. The number of fused-ring (bicyclic) bond motifs is 12. The van der Waals surface area contributed by atoms with Crippen LogP contribution in [0.2, 0.25) is 0 Å². The maximum atomic E-state index is 6.78. The molecular weight excluding hydrogens is 655 g/mol. The van der Waals surface area contributed by atoms with Gasteiger partial charge in [-0.15, -0.1) is 0 Å². The van der Waals surface area contributed by atoms with E-state index in [0.29, 0.717) is 0 Å². The molecule has 54 heavy (non-hydrogen) atoms. The van der Waals surface area contributed by atoms with Crippen molar-refractivity contribution >= 4 is 34.1 Å². The topological polar surface area (TPSA) is 16.4 Å². The molecule has 1 heterocycles. The Hall–Kier alpha value is -6.38. The van der Waals surface area contributed by atoms with Crippen LogP contribution in [0, 0.1) is 0 Å². The standard InChI is InChI=1S/C52H39NO/c1-51(2)43-21-9-11-23-45(43)52(46-24-12-10-22-44(46)51)42-20-8-6-17-38(42)39-32-31-37(33-47(39)52)53(36-29-27-35(28-30-36)34-15-4-3-5-16-34)48-25-14-19-41-40-18-7-13-26-49(40)54-50(41)48/h3-6,8-17,19-33H,7,18H2,1-2H3. The van der Waals surface area contributed by atoms with Crippen molar-refractivity contribution in [3.63, 3.8) is 0 Å². The van der Waals surface area contributed by atoms with Gasteiger partial charge in [-0.2, -0.15) is 0 Å². The van der Waals surface area contributed by atoms with Crippen molar-refractivity contribution in [2.75, 3.05) is 4.90 Å². The van der Waals surface area contributed by atoms with E-state index in [1.54, 1.807) is 0 Å². The molecule has 0 radical (unpaired) electrons. The summed E-state index contributed by atoms with van der Waals surface area (Å²) in [6, 6.07) is 60.8. The molecule has 0 aliphatic heterocycles. The van der Waals surface area contributed by atoms with Crippen LogP contribution in [0.5, 0.6) is 0 Å². The molecule has 1 spiro atoms. The van der Waals surface area contributed by atoms with Gasteiger partial charge in [0, 0.05) is 27.7 Å². The van der Waals surface area contributed by atoms with Gasteiger partial charge in [0.1, 0.15) is 5.76 Å². The fourth-order valence-corrected chi connectivity index (χ4v) is 10.0. The number of rotatable bonds is 4. The van der Waals surface area contributed by atoms with Gasteiger partial charge in [0.15, 0.2) is 5.58 Å². The van der Waals surface area contributed by atoms with Crippen LogP contribution in [0.3, 0.4) is 0 Å². The minimum absolute atomic E-state index is 0.150.